The van der Waals surface area contributed by atoms with E-state index in [1.54, 1.807) is 24.9 Å². The van der Waals surface area contributed by atoms with E-state index in [1.807, 2.05) is 12.1 Å². The van der Waals surface area contributed by atoms with Crippen molar-refractivity contribution in [3.05, 3.63) is 42.1 Å². The highest BCUT2D eigenvalue weighted by atomic mass is 28.2. The second-order valence-corrected chi connectivity index (χ2v) is 3.53. The first-order chi connectivity index (χ1) is 6.29. The summed E-state index contributed by atoms with van der Waals surface area (Å²) in [5.74, 6) is 0.627. The van der Waals surface area contributed by atoms with Gasteiger partial charge in [-0.05, 0) is 12.1 Å². The van der Waals surface area contributed by atoms with Crippen molar-refractivity contribution in [2.75, 3.05) is 7.11 Å². The van der Waals surface area contributed by atoms with Crippen molar-refractivity contribution < 1.29 is 9.53 Å². The van der Waals surface area contributed by atoms with Gasteiger partial charge in [0.2, 0.25) is 0 Å². The Balaban J connectivity index is 2.98. The number of para-hydroxylation sites is 1. The van der Waals surface area contributed by atoms with Gasteiger partial charge in [-0.15, -0.1) is 6.58 Å². The smallest absolute Gasteiger partial charge is 0.170 e. The predicted octanol–water partition coefficient (Wildman–Crippen LogP) is 1.68. The Hall–Kier alpha value is -1.35. The van der Waals surface area contributed by atoms with Crippen LogP contribution in [0.5, 0.6) is 5.75 Å². The van der Waals surface area contributed by atoms with E-state index in [-0.39, 0.29) is 14.9 Å². The Bertz CT molecular complexity index is 320. The summed E-state index contributed by atoms with van der Waals surface area (Å²) in [5, 5.41) is 0.0625. The van der Waals surface area contributed by atoms with Crippen LogP contribution in [0, 0.1) is 0 Å². The topological polar surface area (TPSA) is 26.3 Å². The zero-order valence-electron chi connectivity index (χ0n) is 7.41. The van der Waals surface area contributed by atoms with E-state index >= 15 is 0 Å². The average molecular weight is 190 g/mol. The van der Waals surface area contributed by atoms with Crippen LogP contribution in [0.2, 0.25) is 0 Å². The predicted molar refractivity (Wildman–Crippen MR) is 53.3 cm³/mol. The van der Waals surface area contributed by atoms with Crippen LogP contribution < -0.4 is 4.74 Å². The van der Waals surface area contributed by atoms with Crippen LogP contribution in [-0.4, -0.2) is 22.0 Å². The lowest BCUT2D eigenvalue weighted by molar-refractivity contribution is 0.107. The molecule has 0 heterocycles. The maximum absolute atomic E-state index is 11.5. The summed E-state index contributed by atoms with van der Waals surface area (Å²) < 4.78 is 5.06. The average Bonchev–Trinajstić information content (AvgIpc) is 2.18. The summed E-state index contributed by atoms with van der Waals surface area (Å²) in [6.07, 6.45) is 0. The molecular formula is C10H10O2Si. The number of rotatable bonds is 4. The van der Waals surface area contributed by atoms with E-state index in [2.05, 4.69) is 6.58 Å². The van der Waals surface area contributed by atoms with Crippen molar-refractivity contribution >= 4 is 14.9 Å². The van der Waals surface area contributed by atoms with Crippen LogP contribution in [0.3, 0.4) is 0 Å². The Morgan fingerprint density at radius 3 is 2.85 bits per heavy atom. The van der Waals surface area contributed by atoms with Crippen LogP contribution in [0.15, 0.2) is 36.5 Å². The minimum absolute atomic E-state index is 0.0625. The fourth-order valence-electron chi connectivity index (χ4n) is 1.00. The van der Waals surface area contributed by atoms with Gasteiger partial charge in [0, 0.05) is 0 Å². The zero-order chi connectivity index (χ0) is 9.68. The van der Waals surface area contributed by atoms with Crippen LogP contribution in [0.1, 0.15) is 10.4 Å². The molecule has 0 aromatic heterocycles. The van der Waals surface area contributed by atoms with Gasteiger partial charge in [0.15, 0.2) is 9.52 Å². The second kappa shape index (κ2) is 4.62. The van der Waals surface area contributed by atoms with Gasteiger partial charge in [0.1, 0.15) is 11.2 Å². The Morgan fingerprint density at radius 2 is 2.23 bits per heavy atom. The highest BCUT2D eigenvalue weighted by Crippen LogP contribution is 2.17. The first kappa shape index (κ1) is 9.73. The molecule has 0 bridgehead atoms. The van der Waals surface area contributed by atoms with Gasteiger partial charge in [-0.25, -0.2) is 0 Å². The number of methoxy groups -OCH3 is 1. The third kappa shape index (κ3) is 2.29. The van der Waals surface area contributed by atoms with Gasteiger partial charge in [-0.3, -0.25) is 0 Å². The summed E-state index contributed by atoms with van der Waals surface area (Å²) in [5.41, 5.74) is 2.25. The summed E-state index contributed by atoms with van der Waals surface area (Å²) in [4.78, 5) is 11.5. The normalized spacial score (nSPS) is 9.31. The maximum atomic E-state index is 11.5. The molecule has 0 saturated carbocycles. The first-order valence-corrected chi connectivity index (χ1v) is 4.92. The number of benzene rings is 1. The highest BCUT2D eigenvalue weighted by Gasteiger charge is 2.09. The molecule has 66 valence electrons. The minimum atomic E-state index is 0.0625. The standard InChI is InChI=1S/C10H10O2Si/c1-3-13-10(11)8-6-4-5-7-9(8)12-2/h3-7H,1H2,2H3. The summed E-state index contributed by atoms with van der Waals surface area (Å²) in [6, 6.07) is 7.20. The Morgan fingerprint density at radius 1 is 1.54 bits per heavy atom. The van der Waals surface area contributed by atoms with E-state index in [1.165, 1.54) is 0 Å². The van der Waals surface area contributed by atoms with Gasteiger partial charge in [-0.1, -0.05) is 17.8 Å². The van der Waals surface area contributed by atoms with Gasteiger partial charge in [-0.2, -0.15) is 0 Å². The largest absolute Gasteiger partial charge is 0.496 e. The summed E-state index contributed by atoms with van der Waals surface area (Å²) in [6.45, 7) is 3.53. The molecule has 2 radical (unpaired) electrons. The SMILES string of the molecule is C=C[Si]C(=O)c1ccccc1OC. The summed E-state index contributed by atoms with van der Waals surface area (Å²) >= 11 is 0. The molecule has 2 nitrogen and oxygen atoms in total. The molecule has 0 fully saturated rings. The molecule has 0 aliphatic carbocycles. The van der Waals surface area contributed by atoms with E-state index in [0.717, 1.165) is 0 Å². The Kier molecular flexibility index (Phi) is 3.46. The van der Waals surface area contributed by atoms with Crippen molar-refractivity contribution in [3.63, 3.8) is 0 Å². The van der Waals surface area contributed by atoms with Crippen molar-refractivity contribution in [1.82, 2.24) is 0 Å². The van der Waals surface area contributed by atoms with Gasteiger partial charge in [0.25, 0.3) is 0 Å². The molecule has 0 aliphatic heterocycles. The summed E-state index contributed by atoms with van der Waals surface area (Å²) in [7, 11) is 1.67. The molecular weight excluding hydrogens is 180 g/mol. The minimum Gasteiger partial charge on any atom is -0.496 e. The number of hydrogen-bond acceptors (Lipinski definition) is 2. The quantitative estimate of drug-likeness (QED) is 0.675. The maximum Gasteiger partial charge on any atom is 0.170 e. The molecule has 0 saturated heterocycles. The molecule has 0 spiro atoms. The highest BCUT2D eigenvalue weighted by molar-refractivity contribution is 6.81. The lowest BCUT2D eigenvalue weighted by atomic mass is 10.2. The molecule has 1 aromatic rings. The van der Waals surface area contributed by atoms with Crippen LogP contribution in [0.25, 0.3) is 0 Å². The van der Waals surface area contributed by atoms with Crippen LogP contribution in [0.4, 0.5) is 0 Å². The van der Waals surface area contributed by atoms with E-state index < -0.39 is 0 Å². The molecule has 0 amide bonds. The van der Waals surface area contributed by atoms with Crippen molar-refractivity contribution in [1.29, 1.82) is 0 Å². The van der Waals surface area contributed by atoms with Gasteiger partial charge >= 0.3 is 0 Å². The lowest BCUT2D eigenvalue weighted by Gasteiger charge is -2.04. The number of ether oxygens (including phenoxy) is 1. The second-order valence-electron chi connectivity index (χ2n) is 2.38. The molecule has 0 N–H and O–H groups in total. The fraction of sp³-hybridized carbons (Fsp3) is 0.100. The zero-order valence-corrected chi connectivity index (χ0v) is 8.41. The van der Waals surface area contributed by atoms with Crippen LogP contribution in [-0.2, 0) is 0 Å². The van der Waals surface area contributed by atoms with Gasteiger partial charge in [0.05, 0.1) is 12.7 Å². The molecule has 0 unspecified atom stereocenters. The monoisotopic (exact) mass is 190 g/mol. The molecule has 3 heteroatoms. The third-order valence-electron chi connectivity index (χ3n) is 1.58. The van der Waals surface area contributed by atoms with Crippen molar-refractivity contribution in [3.8, 4) is 5.75 Å². The van der Waals surface area contributed by atoms with Crippen molar-refractivity contribution in [2.45, 2.75) is 0 Å². The molecule has 0 atom stereocenters. The molecule has 13 heavy (non-hydrogen) atoms. The van der Waals surface area contributed by atoms with Gasteiger partial charge < -0.3 is 9.53 Å². The third-order valence-corrected chi connectivity index (χ3v) is 2.32. The van der Waals surface area contributed by atoms with E-state index in [9.17, 15) is 4.79 Å². The number of carbonyl (C=O) groups is 1. The van der Waals surface area contributed by atoms with E-state index in [0.29, 0.717) is 11.3 Å². The number of hydrogen-bond donors (Lipinski definition) is 0. The molecule has 1 rings (SSSR count). The van der Waals surface area contributed by atoms with Crippen LogP contribution >= 0.6 is 0 Å². The molecule has 1 aromatic carbocycles. The fourth-order valence-corrected chi connectivity index (χ4v) is 1.55. The first-order valence-electron chi connectivity index (χ1n) is 3.84. The van der Waals surface area contributed by atoms with E-state index in [4.69, 9.17) is 4.74 Å². The molecule has 0 aliphatic rings. The lowest BCUT2D eigenvalue weighted by Crippen LogP contribution is -2.08. The van der Waals surface area contributed by atoms with Crippen molar-refractivity contribution in [2.24, 2.45) is 0 Å². The Labute approximate surface area is 80.1 Å². The number of carbonyl (C=O) groups excluding carboxylic acids is 1.